The molecule has 0 radical (unpaired) electrons. The van der Waals surface area contributed by atoms with Gasteiger partial charge >= 0.3 is 0 Å². The Morgan fingerprint density at radius 2 is 1.69 bits per heavy atom. The van der Waals surface area contributed by atoms with Gasteiger partial charge in [0, 0.05) is 52.9 Å². The Balaban J connectivity index is 1.53. The second-order valence-electron chi connectivity index (χ2n) is 8.53. The van der Waals surface area contributed by atoms with Crippen molar-refractivity contribution in [2.24, 2.45) is 0 Å². The van der Waals surface area contributed by atoms with Crippen molar-refractivity contribution in [3.63, 3.8) is 0 Å². The fourth-order valence-electron chi connectivity index (χ4n) is 4.16. The molecule has 3 aromatic heterocycles. The molecule has 162 valence electrons. The summed E-state index contributed by atoms with van der Waals surface area (Å²) in [5.41, 5.74) is 9.74. The molecule has 0 saturated heterocycles. The van der Waals surface area contributed by atoms with E-state index in [9.17, 15) is 4.79 Å². The van der Waals surface area contributed by atoms with E-state index in [2.05, 4.69) is 45.4 Å². The minimum Gasteiger partial charge on any atom is -0.348 e. The number of nitrogens with one attached hydrogen (secondary N) is 1. The Kier molecular flexibility index (Phi) is 5.99. The molecule has 0 spiro atoms. The molecular formula is C27H28N4O. The van der Waals surface area contributed by atoms with Gasteiger partial charge in [0.25, 0.3) is 5.91 Å². The second kappa shape index (κ2) is 8.87. The number of hydrogen-bond acceptors (Lipinski definition) is 4. The zero-order chi connectivity index (χ0) is 22.8. The topological polar surface area (TPSA) is 67.8 Å². The van der Waals surface area contributed by atoms with Gasteiger partial charge in [-0.15, -0.1) is 0 Å². The highest BCUT2D eigenvalue weighted by Crippen LogP contribution is 2.19. The van der Waals surface area contributed by atoms with Crippen molar-refractivity contribution in [2.75, 3.05) is 0 Å². The van der Waals surface area contributed by atoms with Crippen LogP contribution in [-0.2, 0) is 13.0 Å². The molecule has 1 amide bonds. The molecule has 3 heterocycles. The lowest BCUT2D eigenvalue weighted by molar-refractivity contribution is 0.0950. The van der Waals surface area contributed by atoms with E-state index in [4.69, 9.17) is 0 Å². The van der Waals surface area contributed by atoms with Gasteiger partial charge < -0.3 is 5.32 Å². The number of aryl methyl sites for hydroxylation is 5. The van der Waals surface area contributed by atoms with Gasteiger partial charge in [-0.3, -0.25) is 19.7 Å². The largest absolute Gasteiger partial charge is 0.348 e. The Bertz CT molecular complexity index is 1300. The van der Waals surface area contributed by atoms with Gasteiger partial charge in [-0.05, 0) is 93.3 Å². The lowest BCUT2D eigenvalue weighted by Gasteiger charge is -2.12. The third-order valence-corrected chi connectivity index (χ3v) is 5.64. The summed E-state index contributed by atoms with van der Waals surface area (Å²) in [4.78, 5) is 26.6. The molecular weight excluding hydrogens is 396 g/mol. The van der Waals surface area contributed by atoms with Gasteiger partial charge in [0.2, 0.25) is 0 Å². The maximum absolute atomic E-state index is 12.9. The molecule has 0 saturated carbocycles. The molecule has 5 nitrogen and oxygen atoms in total. The lowest BCUT2D eigenvalue weighted by Crippen LogP contribution is -2.24. The summed E-state index contributed by atoms with van der Waals surface area (Å²) in [5.74, 6) is -0.102. The van der Waals surface area contributed by atoms with Crippen molar-refractivity contribution in [1.82, 2.24) is 20.3 Å². The highest BCUT2D eigenvalue weighted by molar-refractivity contribution is 5.94. The molecule has 0 aliphatic heterocycles. The minimum atomic E-state index is -0.102. The average molecular weight is 425 g/mol. The van der Waals surface area contributed by atoms with Crippen LogP contribution in [0, 0.1) is 34.6 Å². The summed E-state index contributed by atoms with van der Waals surface area (Å²) in [6.07, 6.45) is 2.54. The average Bonchev–Trinajstić information content (AvgIpc) is 2.72. The minimum absolute atomic E-state index is 0.102. The molecule has 0 fully saturated rings. The first-order valence-corrected chi connectivity index (χ1v) is 10.8. The summed E-state index contributed by atoms with van der Waals surface area (Å²) in [6.45, 7) is 10.4. The zero-order valence-corrected chi connectivity index (χ0v) is 19.3. The maximum atomic E-state index is 12.9. The summed E-state index contributed by atoms with van der Waals surface area (Å²) in [7, 11) is 0. The van der Waals surface area contributed by atoms with Gasteiger partial charge in [-0.2, -0.15) is 0 Å². The normalized spacial score (nSPS) is 11.0. The lowest BCUT2D eigenvalue weighted by atomic mass is 10.0. The third-order valence-electron chi connectivity index (χ3n) is 5.64. The Morgan fingerprint density at radius 1 is 0.906 bits per heavy atom. The number of amides is 1. The van der Waals surface area contributed by atoms with Crippen molar-refractivity contribution in [1.29, 1.82) is 0 Å². The number of pyridine rings is 3. The van der Waals surface area contributed by atoms with Crippen LogP contribution in [0.3, 0.4) is 0 Å². The van der Waals surface area contributed by atoms with Crippen LogP contribution in [0.15, 0.2) is 48.7 Å². The van der Waals surface area contributed by atoms with Crippen molar-refractivity contribution in [3.8, 4) is 0 Å². The Hall–Kier alpha value is -3.60. The van der Waals surface area contributed by atoms with E-state index in [0.717, 1.165) is 55.9 Å². The van der Waals surface area contributed by atoms with E-state index in [1.807, 2.05) is 58.2 Å². The highest BCUT2D eigenvalue weighted by atomic mass is 16.1. The van der Waals surface area contributed by atoms with Crippen LogP contribution in [0.1, 0.15) is 55.4 Å². The predicted octanol–water partition coefficient (Wildman–Crippen LogP) is 5.09. The van der Waals surface area contributed by atoms with E-state index < -0.39 is 0 Å². The van der Waals surface area contributed by atoms with E-state index in [0.29, 0.717) is 18.5 Å². The molecule has 1 aromatic carbocycles. The van der Waals surface area contributed by atoms with Crippen LogP contribution < -0.4 is 5.32 Å². The molecule has 0 aliphatic carbocycles. The van der Waals surface area contributed by atoms with E-state index in [-0.39, 0.29) is 5.91 Å². The summed E-state index contributed by atoms with van der Waals surface area (Å²) < 4.78 is 0. The number of rotatable bonds is 5. The van der Waals surface area contributed by atoms with Crippen molar-refractivity contribution >= 4 is 16.8 Å². The van der Waals surface area contributed by atoms with Crippen molar-refractivity contribution < 1.29 is 4.79 Å². The fourth-order valence-corrected chi connectivity index (χ4v) is 4.16. The Labute approximate surface area is 189 Å². The number of benzene rings is 1. The van der Waals surface area contributed by atoms with E-state index in [1.165, 1.54) is 0 Å². The van der Waals surface area contributed by atoms with Gasteiger partial charge in [0.1, 0.15) is 0 Å². The number of nitrogens with zero attached hydrogens (tertiary/aromatic N) is 3. The maximum Gasteiger partial charge on any atom is 0.251 e. The van der Waals surface area contributed by atoms with Crippen LogP contribution in [0.2, 0.25) is 0 Å². The highest BCUT2D eigenvalue weighted by Gasteiger charge is 2.12. The molecule has 4 rings (SSSR count). The van der Waals surface area contributed by atoms with Crippen molar-refractivity contribution in [2.45, 2.75) is 47.6 Å². The molecule has 32 heavy (non-hydrogen) atoms. The van der Waals surface area contributed by atoms with Crippen LogP contribution in [-0.4, -0.2) is 20.9 Å². The quantitative estimate of drug-likeness (QED) is 0.485. The van der Waals surface area contributed by atoms with E-state index in [1.54, 1.807) is 0 Å². The first-order valence-electron chi connectivity index (χ1n) is 10.8. The predicted molar refractivity (Wildman–Crippen MR) is 128 cm³/mol. The number of carbonyl (C=O) groups excluding carboxylic acids is 1. The number of fused-ring (bicyclic) bond motifs is 1. The molecule has 5 heteroatoms. The van der Waals surface area contributed by atoms with Crippen molar-refractivity contribution in [3.05, 3.63) is 99.3 Å². The molecule has 0 unspecified atom stereocenters. The van der Waals surface area contributed by atoms with Crippen LogP contribution >= 0.6 is 0 Å². The zero-order valence-electron chi connectivity index (χ0n) is 19.3. The molecule has 1 N–H and O–H groups in total. The van der Waals surface area contributed by atoms with Gasteiger partial charge in [0.05, 0.1) is 5.52 Å². The first-order chi connectivity index (χ1) is 15.3. The number of aromatic nitrogens is 3. The monoisotopic (exact) mass is 424 g/mol. The first kappa shape index (κ1) is 21.6. The van der Waals surface area contributed by atoms with E-state index >= 15 is 0 Å². The SMILES string of the molecule is Cc1cnc2ccc(Cc3cc(C(=O)NCc4c(C)cc(C)nc4C)cc(C)n3)cc2c1. The third kappa shape index (κ3) is 4.83. The molecule has 4 aromatic rings. The van der Waals surface area contributed by atoms with Crippen LogP contribution in [0.5, 0.6) is 0 Å². The van der Waals surface area contributed by atoms with Crippen LogP contribution in [0.25, 0.3) is 10.9 Å². The van der Waals surface area contributed by atoms with Gasteiger partial charge in [-0.25, -0.2) is 0 Å². The fraction of sp³-hybridized carbons (Fsp3) is 0.259. The molecule has 0 bridgehead atoms. The number of hydrogen-bond donors (Lipinski definition) is 1. The smallest absolute Gasteiger partial charge is 0.251 e. The second-order valence-corrected chi connectivity index (χ2v) is 8.53. The van der Waals surface area contributed by atoms with Gasteiger partial charge in [0.15, 0.2) is 0 Å². The van der Waals surface area contributed by atoms with Gasteiger partial charge in [-0.1, -0.05) is 6.07 Å². The summed E-state index contributed by atoms with van der Waals surface area (Å²) in [6, 6.07) is 14.2. The van der Waals surface area contributed by atoms with Crippen LogP contribution in [0.4, 0.5) is 0 Å². The summed E-state index contributed by atoms with van der Waals surface area (Å²) >= 11 is 0. The number of carbonyl (C=O) groups is 1. The molecule has 0 aliphatic rings. The standard InChI is InChI=1S/C27H28N4O/c1-16-8-22-11-21(6-7-26(22)28-14-16)12-24-13-23(10-19(4)31-24)27(32)29-15-25-17(2)9-18(3)30-20(25)5/h6-11,13-14H,12,15H2,1-5H3,(H,29,32). The summed E-state index contributed by atoms with van der Waals surface area (Å²) in [5, 5.41) is 4.17. The Morgan fingerprint density at radius 3 is 2.47 bits per heavy atom. The molecule has 0 atom stereocenters.